The van der Waals surface area contributed by atoms with Crippen molar-refractivity contribution in [1.29, 1.82) is 0 Å². The van der Waals surface area contributed by atoms with E-state index in [1.54, 1.807) is 6.21 Å². The van der Waals surface area contributed by atoms with Crippen LogP contribution in [0.1, 0.15) is 20.3 Å². The molecule has 1 aliphatic heterocycles. The van der Waals surface area contributed by atoms with E-state index in [0.29, 0.717) is 12.2 Å². The lowest BCUT2D eigenvalue weighted by molar-refractivity contribution is -0.121. The Morgan fingerprint density at radius 1 is 1.67 bits per heavy atom. The molecular weight excluding hydrogens is 114 g/mol. The fraction of sp³-hybridized carbons (Fsp3) is 0.714. The molecule has 0 amide bonds. The van der Waals surface area contributed by atoms with Gasteiger partial charge in [0, 0.05) is 18.6 Å². The fourth-order valence-electron chi connectivity index (χ4n) is 0.889. The summed E-state index contributed by atoms with van der Waals surface area (Å²) in [6, 6.07) is 0.216. The highest BCUT2D eigenvalue weighted by Crippen LogP contribution is 2.09. The second-order valence-electron chi connectivity index (χ2n) is 2.61. The van der Waals surface area contributed by atoms with Gasteiger partial charge in [-0.15, -0.1) is 0 Å². The van der Waals surface area contributed by atoms with Crippen LogP contribution in [0.2, 0.25) is 0 Å². The number of carbonyl (C=O) groups excluding carboxylic acids is 1. The van der Waals surface area contributed by atoms with Crippen LogP contribution in [-0.4, -0.2) is 18.0 Å². The quantitative estimate of drug-likeness (QED) is 0.476. The van der Waals surface area contributed by atoms with E-state index in [1.807, 2.05) is 13.8 Å². The lowest BCUT2D eigenvalue weighted by atomic mass is 9.99. The third-order valence-corrected chi connectivity index (χ3v) is 1.57. The van der Waals surface area contributed by atoms with Crippen molar-refractivity contribution in [2.24, 2.45) is 10.9 Å². The largest absolute Gasteiger partial charge is 0.299 e. The van der Waals surface area contributed by atoms with E-state index < -0.39 is 0 Å². The summed E-state index contributed by atoms with van der Waals surface area (Å²) < 4.78 is 0. The van der Waals surface area contributed by atoms with Crippen LogP contribution in [0.15, 0.2) is 4.99 Å². The maximum atomic E-state index is 10.9. The first-order valence-electron chi connectivity index (χ1n) is 3.26. The van der Waals surface area contributed by atoms with Gasteiger partial charge in [-0.05, 0) is 6.92 Å². The van der Waals surface area contributed by atoms with Crippen molar-refractivity contribution in [3.63, 3.8) is 0 Å². The van der Waals surface area contributed by atoms with Gasteiger partial charge >= 0.3 is 0 Å². The summed E-state index contributed by atoms with van der Waals surface area (Å²) >= 11 is 0. The number of ketones is 1. The zero-order valence-corrected chi connectivity index (χ0v) is 5.79. The molecule has 2 nitrogen and oxygen atoms in total. The summed E-state index contributed by atoms with van der Waals surface area (Å²) in [5.41, 5.74) is 0. The summed E-state index contributed by atoms with van der Waals surface area (Å²) in [6.07, 6.45) is 2.37. The van der Waals surface area contributed by atoms with Crippen molar-refractivity contribution < 1.29 is 4.79 Å². The Hall–Kier alpha value is -0.660. The summed E-state index contributed by atoms with van der Waals surface area (Å²) in [5.74, 6) is 0.374. The molecule has 50 valence electrons. The standard InChI is InChI=1S/C7H11NO/c1-5-4-8-6(2)3-7(5)9/h4-6H,3H2,1-2H3/t5?,6-/m1/s1. The number of Topliss-reactive ketones (excluding diaryl/α,β-unsaturated/α-hetero) is 1. The van der Waals surface area contributed by atoms with Crippen molar-refractivity contribution in [1.82, 2.24) is 0 Å². The minimum absolute atomic E-state index is 0.0567. The Morgan fingerprint density at radius 3 is 2.78 bits per heavy atom. The van der Waals surface area contributed by atoms with Crippen LogP contribution < -0.4 is 0 Å². The van der Waals surface area contributed by atoms with Crippen LogP contribution in [0, 0.1) is 5.92 Å². The van der Waals surface area contributed by atoms with Crippen molar-refractivity contribution in [2.45, 2.75) is 26.3 Å². The predicted molar refractivity (Wildman–Crippen MR) is 36.7 cm³/mol. The number of carbonyl (C=O) groups is 1. The van der Waals surface area contributed by atoms with Crippen molar-refractivity contribution in [2.75, 3.05) is 0 Å². The summed E-state index contributed by atoms with van der Waals surface area (Å²) in [6.45, 7) is 3.85. The van der Waals surface area contributed by atoms with E-state index in [2.05, 4.69) is 4.99 Å². The Morgan fingerprint density at radius 2 is 2.33 bits per heavy atom. The third kappa shape index (κ3) is 1.37. The Labute approximate surface area is 55.0 Å². The predicted octanol–water partition coefficient (Wildman–Crippen LogP) is 1.05. The number of hydrogen-bond donors (Lipinski definition) is 0. The highest BCUT2D eigenvalue weighted by Gasteiger charge is 2.17. The van der Waals surface area contributed by atoms with Gasteiger partial charge < -0.3 is 0 Å². The fourth-order valence-corrected chi connectivity index (χ4v) is 0.889. The minimum Gasteiger partial charge on any atom is -0.299 e. The average molecular weight is 125 g/mol. The zero-order valence-electron chi connectivity index (χ0n) is 5.79. The maximum Gasteiger partial charge on any atom is 0.143 e. The molecule has 0 saturated carbocycles. The van der Waals surface area contributed by atoms with E-state index in [0.717, 1.165) is 0 Å². The average Bonchev–Trinajstić information content (AvgIpc) is 1.80. The molecule has 1 heterocycles. The summed E-state index contributed by atoms with van der Waals surface area (Å²) in [5, 5.41) is 0. The van der Waals surface area contributed by atoms with Gasteiger partial charge in [0.15, 0.2) is 0 Å². The van der Waals surface area contributed by atoms with E-state index in [1.165, 1.54) is 0 Å². The number of hydrogen-bond acceptors (Lipinski definition) is 2. The number of aliphatic imine (C=N–C) groups is 1. The molecule has 0 aromatic heterocycles. The van der Waals surface area contributed by atoms with Gasteiger partial charge in [-0.1, -0.05) is 6.92 Å². The van der Waals surface area contributed by atoms with Crippen LogP contribution in [-0.2, 0) is 4.79 Å². The molecule has 1 unspecified atom stereocenters. The minimum atomic E-state index is 0.0567. The molecule has 0 N–H and O–H groups in total. The smallest absolute Gasteiger partial charge is 0.143 e. The zero-order chi connectivity index (χ0) is 6.85. The van der Waals surface area contributed by atoms with Crippen LogP contribution in [0.5, 0.6) is 0 Å². The topological polar surface area (TPSA) is 29.4 Å². The molecule has 0 aromatic carbocycles. The van der Waals surface area contributed by atoms with Crippen LogP contribution in [0.4, 0.5) is 0 Å². The van der Waals surface area contributed by atoms with Gasteiger partial charge in [0.05, 0.1) is 6.04 Å². The van der Waals surface area contributed by atoms with Crippen LogP contribution >= 0.6 is 0 Å². The molecule has 2 heteroatoms. The SMILES string of the molecule is CC1C=N[C@H](C)CC1=O. The molecule has 0 fully saturated rings. The van der Waals surface area contributed by atoms with Crippen LogP contribution in [0.3, 0.4) is 0 Å². The Balaban J connectivity index is 2.65. The molecule has 0 aliphatic carbocycles. The summed E-state index contributed by atoms with van der Waals surface area (Å²) in [7, 11) is 0. The number of rotatable bonds is 0. The van der Waals surface area contributed by atoms with Gasteiger partial charge in [-0.25, -0.2) is 0 Å². The second-order valence-corrected chi connectivity index (χ2v) is 2.61. The van der Waals surface area contributed by atoms with Crippen molar-refractivity contribution >= 4 is 12.0 Å². The second kappa shape index (κ2) is 2.29. The monoisotopic (exact) mass is 125 g/mol. The van der Waals surface area contributed by atoms with E-state index in [4.69, 9.17) is 0 Å². The maximum absolute atomic E-state index is 10.9. The molecule has 0 saturated heterocycles. The number of nitrogens with zero attached hydrogens (tertiary/aromatic N) is 1. The van der Waals surface area contributed by atoms with Gasteiger partial charge in [-0.2, -0.15) is 0 Å². The molecule has 1 rings (SSSR count). The van der Waals surface area contributed by atoms with E-state index in [-0.39, 0.29) is 12.0 Å². The normalized spacial score (nSPS) is 35.1. The van der Waals surface area contributed by atoms with Crippen LogP contribution in [0.25, 0.3) is 0 Å². The molecular formula is C7H11NO. The molecule has 0 aromatic rings. The van der Waals surface area contributed by atoms with Gasteiger partial charge in [0.1, 0.15) is 5.78 Å². The molecule has 9 heavy (non-hydrogen) atoms. The molecule has 2 atom stereocenters. The molecule has 0 spiro atoms. The lowest BCUT2D eigenvalue weighted by Gasteiger charge is -2.13. The summed E-state index contributed by atoms with van der Waals surface area (Å²) in [4.78, 5) is 15.0. The third-order valence-electron chi connectivity index (χ3n) is 1.57. The Bertz CT molecular complexity index is 151. The van der Waals surface area contributed by atoms with Gasteiger partial charge in [0.25, 0.3) is 0 Å². The first-order valence-corrected chi connectivity index (χ1v) is 3.26. The first-order chi connectivity index (χ1) is 4.20. The highest BCUT2D eigenvalue weighted by molar-refractivity contribution is 5.96. The van der Waals surface area contributed by atoms with Crippen molar-refractivity contribution in [3.8, 4) is 0 Å². The van der Waals surface area contributed by atoms with Gasteiger partial charge in [-0.3, -0.25) is 9.79 Å². The van der Waals surface area contributed by atoms with E-state index >= 15 is 0 Å². The highest BCUT2D eigenvalue weighted by atomic mass is 16.1. The first kappa shape index (κ1) is 6.46. The van der Waals surface area contributed by atoms with Gasteiger partial charge in [0.2, 0.25) is 0 Å². The van der Waals surface area contributed by atoms with Crippen molar-refractivity contribution in [3.05, 3.63) is 0 Å². The lowest BCUT2D eigenvalue weighted by Crippen LogP contribution is -2.22. The Kier molecular flexibility index (Phi) is 1.65. The molecule has 0 bridgehead atoms. The molecule has 0 radical (unpaired) electrons. The van der Waals surface area contributed by atoms with E-state index in [9.17, 15) is 4.79 Å². The molecule has 1 aliphatic rings.